The van der Waals surface area contributed by atoms with Gasteiger partial charge in [0.15, 0.2) is 0 Å². The third-order valence-corrected chi connectivity index (χ3v) is 2.39. The molecule has 1 aromatic heterocycles. The fraction of sp³-hybridized carbons (Fsp3) is 0.556. The molecule has 5 heteroatoms. The lowest BCUT2D eigenvalue weighted by Gasteiger charge is -2.09. The Labute approximate surface area is 82.7 Å². The van der Waals surface area contributed by atoms with E-state index in [0.717, 1.165) is 17.8 Å². The van der Waals surface area contributed by atoms with Crippen molar-refractivity contribution >= 4 is 5.82 Å². The predicted octanol–water partition coefficient (Wildman–Crippen LogP) is 0.305. The predicted molar refractivity (Wildman–Crippen MR) is 53.3 cm³/mol. The molecular formula is C9H14N4O. The van der Waals surface area contributed by atoms with Crippen LogP contribution in [0, 0.1) is 6.92 Å². The number of hydrogen-bond donors (Lipinski definition) is 2. The SMILES string of the molecule is COc1ncnc(NC2CC2N)c1C. The van der Waals surface area contributed by atoms with E-state index in [-0.39, 0.29) is 6.04 Å². The third kappa shape index (κ3) is 1.63. The van der Waals surface area contributed by atoms with Gasteiger partial charge in [0.1, 0.15) is 12.1 Å². The van der Waals surface area contributed by atoms with Gasteiger partial charge in [-0.05, 0) is 13.3 Å². The second-order valence-corrected chi connectivity index (χ2v) is 3.51. The minimum atomic E-state index is 0.260. The number of hydrogen-bond acceptors (Lipinski definition) is 5. The lowest BCUT2D eigenvalue weighted by molar-refractivity contribution is 0.393. The van der Waals surface area contributed by atoms with Gasteiger partial charge in [-0.25, -0.2) is 9.97 Å². The number of nitrogens with two attached hydrogens (primary N) is 1. The molecule has 0 amide bonds. The van der Waals surface area contributed by atoms with Crippen molar-refractivity contribution in [3.05, 3.63) is 11.9 Å². The van der Waals surface area contributed by atoms with Gasteiger partial charge >= 0.3 is 0 Å². The lowest BCUT2D eigenvalue weighted by atomic mass is 10.3. The van der Waals surface area contributed by atoms with Gasteiger partial charge in [0, 0.05) is 12.1 Å². The van der Waals surface area contributed by atoms with Gasteiger partial charge in [0.05, 0.1) is 12.7 Å². The molecule has 76 valence electrons. The van der Waals surface area contributed by atoms with Gasteiger partial charge < -0.3 is 15.8 Å². The van der Waals surface area contributed by atoms with Crippen LogP contribution in [0.1, 0.15) is 12.0 Å². The van der Waals surface area contributed by atoms with E-state index in [1.807, 2.05) is 6.92 Å². The summed E-state index contributed by atoms with van der Waals surface area (Å²) in [6, 6.07) is 0.615. The Hall–Kier alpha value is -1.36. The van der Waals surface area contributed by atoms with E-state index in [1.54, 1.807) is 7.11 Å². The van der Waals surface area contributed by atoms with Gasteiger partial charge in [0.25, 0.3) is 0 Å². The number of methoxy groups -OCH3 is 1. The van der Waals surface area contributed by atoms with Crippen LogP contribution in [0.3, 0.4) is 0 Å². The first kappa shape index (κ1) is 9.21. The van der Waals surface area contributed by atoms with E-state index in [9.17, 15) is 0 Å². The lowest BCUT2D eigenvalue weighted by Crippen LogP contribution is -2.15. The van der Waals surface area contributed by atoms with E-state index in [1.165, 1.54) is 6.33 Å². The summed E-state index contributed by atoms with van der Waals surface area (Å²) in [5.41, 5.74) is 6.62. The van der Waals surface area contributed by atoms with Crippen LogP contribution >= 0.6 is 0 Å². The van der Waals surface area contributed by atoms with Crippen molar-refractivity contribution < 1.29 is 4.74 Å². The van der Waals surface area contributed by atoms with Crippen LogP contribution in [0.2, 0.25) is 0 Å². The van der Waals surface area contributed by atoms with Gasteiger partial charge in [0.2, 0.25) is 5.88 Å². The molecule has 1 aliphatic carbocycles. The summed E-state index contributed by atoms with van der Waals surface area (Å²) in [6.07, 6.45) is 2.49. The molecule has 2 rings (SSSR count). The van der Waals surface area contributed by atoms with E-state index >= 15 is 0 Å². The van der Waals surface area contributed by atoms with Crippen LogP contribution in [0.5, 0.6) is 5.88 Å². The molecule has 14 heavy (non-hydrogen) atoms. The Morgan fingerprint density at radius 3 is 2.86 bits per heavy atom. The van der Waals surface area contributed by atoms with Crippen molar-refractivity contribution in [3.63, 3.8) is 0 Å². The van der Waals surface area contributed by atoms with E-state index in [2.05, 4.69) is 15.3 Å². The summed E-state index contributed by atoms with van der Waals surface area (Å²) in [5, 5.41) is 3.25. The minimum absolute atomic E-state index is 0.260. The molecular weight excluding hydrogens is 180 g/mol. The molecule has 3 N–H and O–H groups in total. The number of nitrogens with one attached hydrogen (secondary N) is 1. The third-order valence-electron chi connectivity index (χ3n) is 2.39. The number of nitrogens with zero attached hydrogens (tertiary/aromatic N) is 2. The Morgan fingerprint density at radius 1 is 1.57 bits per heavy atom. The fourth-order valence-corrected chi connectivity index (χ4v) is 1.34. The first-order valence-corrected chi connectivity index (χ1v) is 4.60. The van der Waals surface area contributed by atoms with Gasteiger partial charge in [-0.15, -0.1) is 0 Å². The van der Waals surface area contributed by atoms with Crippen LogP contribution in [0.4, 0.5) is 5.82 Å². The zero-order valence-corrected chi connectivity index (χ0v) is 8.32. The molecule has 1 aliphatic rings. The molecule has 1 saturated carbocycles. The number of aromatic nitrogens is 2. The highest BCUT2D eigenvalue weighted by molar-refractivity contribution is 5.49. The Bertz CT molecular complexity index is 342. The average Bonchev–Trinajstić information content (AvgIpc) is 2.86. The van der Waals surface area contributed by atoms with E-state index < -0.39 is 0 Å². The largest absolute Gasteiger partial charge is 0.481 e. The summed E-state index contributed by atoms with van der Waals surface area (Å²) >= 11 is 0. The molecule has 0 spiro atoms. The summed E-state index contributed by atoms with van der Waals surface area (Å²) in [5.74, 6) is 1.42. The molecule has 1 heterocycles. The quantitative estimate of drug-likeness (QED) is 0.724. The molecule has 0 saturated heterocycles. The van der Waals surface area contributed by atoms with Crippen LogP contribution < -0.4 is 15.8 Å². The smallest absolute Gasteiger partial charge is 0.221 e. The molecule has 0 bridgehead atoms. The maximum Gasteiger partial charge on any atom is 0.221 e. The Morgan fingerprint density at radius 2 is 2.29 bits per heavy atom. The van der Waals surface area contributed by atoms with E-state index in [0.29, 0.717) is 11.9 Å². The highest BCUT2D eigenvalue weighted by Crippen LogP contribution is 2.26. The molecule has 0 radical (unpaired) electrons. The average molecular weight is 194 g/mol. The maximum atomic E-state index is 5.70. The normalized spacial score (nSPS) is 24.5. The summed E-state index contributed by atoms with van der Waals surface area (Å²) in [7, 11) is 1.60. The van der Waals surface area contributed by atoms with Crippen molar-refractivity contribution in [3.8, 4) is 5.88 Å². The number of anilines is 1. The fourth-order valence-electron chi connectivity index (χ4n) is 1.34. The highest BCUT2D eigenvalue weighted by atomic mass is 16.5. The monoisotopic (exact) mass is 194 g/mol. The van der Waals surface area contributed by atoms with Crippen molar-refractivity contribution in [2.75, 3.05) is 12.4 Å². The molecule has 0 aliphatic heterocycles. The van der Waals surface area contributed by atoms with Crippen LogP contribution in [0.15, 0.2) is 6.33 Å². The van der Waals surface area contributed by atoms with Gasteiger partial charge in [-0.3, -0.25) is 0 Å². The summed E-state index contributed by atoms with van der Waals surface area (Å²) in [4.78, 5) is 8.14. The Balaban J connectivity index is 2.16. The van der Waals surface area contributed by atoms with Crippen molar-refractivity contribution in [1.29, 1.82) is 0 Å². The molecule has 0 aromatic carbocycles. The maximum absolute atomic E-state index is 5.70. The second kappa shape index (κ2) is 3.42. The second-order valence-electron chi connectivity index (χ2n) is 3.51. The van der Waals surface area contributed by atoms with Gasteiger partial charge in [-0.1, -0.05) is 0 Å². The van der Waals surface area contributed by atoms with Crippen molar-refractivity contribution in [2.24, 2.45) is 5.73 Å². The summed E-state index contributed by atoms with van der Waals surface area (Å²) in [6.45, 7) is 1.93. The van der Waals surface area contributed by atoms with Crippen LogP contribution in [0.25, 0.3) is 0 Å². The van der Waals surface area contributed by atoms with Crippen molar-refractivity contribution in [1.82, 2.24) is 9.97 Å². The number of rotatable bonds is 3. The van der Waals surface area contributed by atoms with Crippen LogP contribution in [-0.4, -0.2) is 29.2 Å². The summed E-state index contributed by atoms with van der Waals surface area (Å²) < 4.78 is 5.09. The minimum Gasteiger partial charge on any atom is -0.481 e. The van der Waals surface area contributed by atoms with Crippen LogP contribution in [-0.2, 0) is 0 Å². The highest BCUT2D eigenvalue weighted by Gasteiger charge is 2.34. The van der Waals surface area contributed by atoms with E-state index in [4.69, 9.17) is 10.5 Å². The molecule has 1 fully saturated rings. The topological polar surface area (TPSA) is 73.1 Å². The zero-order chi connectivity index (χ0) is 10.1. The first-order chi connectivity index (χ1) is 6.72. The standard InChI is InChI=1S/C9H14N4O/c1-5-8(13-7-3-6(7)10)11-4-12-9(5)14-2/h4,6-7H,3,10H2,1-2H3,(H,11,12,13). The van der Waals surface area contributed by atoms with Crippen molar-refractivity contribution in [2.45, 2.75) is 25.4 Å². The Kier molecular flexibility index (Phi) is 2.25. The number of ether oxygens (including phenoxy) is 1. The molecule has 2 atom stereocenters. The van der Waals surface area contributed by atoms with Gasteiger partial charge in [-0.2, -0.15) is 0 Å². The molecule has 2 unspecified atom stereocenters. The molecule has 5 nitrogen and oxygen atoms in total. The molecule has 1 aromatic rings. The zero-order valence-electron chi connectivity index (χ0n) is 8.32. The first-order valence-electron chi connectivity index (χ1n) is 4.60.